The smallest absolute Gasteiger partial charge is 0.230 e. The Bertz CT molecular complexity index is 432. The van der Waals surface area contributed by atoms with Crippen molar-refractivity contribution in [1.82, 2.24) is 4.90 Å². The predicted octanol–water partition coefficient (Wildman–Crippen LogP) is 2.77. The molecule has 0 aromatic heterocycles. The molecule has 20 heavy (non-hydrogen) atoms. The SMILES string of the molecule is CCC(C(=O)N1CCCC(C)C1CN)c1ccccc1. The molecular formula is C17H26N2O. The molecule has 0 aliphatic carbocycles. The number of carbonyl (C=O) groups excluding carboxylic acids is 1. The molecule has 0 spiro atoms. The van der Waals surface area contributed by atoms with Gasteiger partial charge in [0, 0.05) is 19.1 Å². The fourth-order valence-corrected chi connectivity index (χ4v) is 3.32. The van der Waals surface area contributed by atoms with Crippen molar-refractivity contribution in [3.8, 4) is 0 Å². The summed E-state index contributed by atoms with van der Waals surface area (Å²) in [4.78, 5) is 15.0. The van der Waals surface area contributed by atoms with E-state index in [1.807, 2.05) is 23.1 Å². The molecule has 2 rings (SSSR count). The summed E-state index contributed by atoms with van der Waals surface area (Å²) in [7, 11) is 0. The molecule has 0 bridgehead atoms. The fraction of sp³-hybridized carbons (Fsp3) is 0.588. The monoisotopic (exact) mass is 274 g/mol. The highest BCUT2D eigenvalue weighted by atomic mass is 16.2. The Morgan fingerprint density at radius 2 is 2.10 bits per heavy atom. The van der Waals surface area contributed by atoms with Crippen LogP contribution in [0.25, 0.3) is 0 Å². The van der Waals surface area contributed by atoms with E-state index in [0.717, 1.165) is 24.9 Å². The fourth-order valence-electron chi connectivity index (χ4n) is 3.32. The Hall–Kier alpha value is -1.35. The number of piperidine rings is 1. The predicted molar refractivity (Wildman–Crippen MR) is 82.4 cm³/mol. The summed E-state index contributed by atoms with van der Waals surface area (Å²) in [5.41, 5.74) is 7.03. The molecule has 3 atom stereocenters. The van der Waals surface area contributed by atoms with Gasteiger partial charge in [0.2, 0.25) is 5.91 Å². The van der Waals surface area contributed by atoms with Crippen molar-refractivity contribution < 1.29 is 4.79 Å². The number of nitrogens with two attached hydrogens (primary N) is 1. The van der Waals surface area contributed by atoms with E-state index in [2.05, 4.69) is 26.0 Å². The Balaban J connectivity index is 2.19. The van der Waals surface area contributed by atoms with Crippen LogP contribution in [0.4, 0.5) is 0 Å². The molecular weight excluding hydrogens is 248 g/mol. The molecule has 1 aliphatic rings. The highest BCUT2D eigenvalue weighted by Crippen LogP contribution is 2.28. The molecule has 1 fully saturated rings. The lowest BCUT2D eigenvalue weighted by Gasteiger charge is -2.41. The Kier molecular flexibility index (Phi) is 5.18. The summed E-state index contributed by atoms with van der Waals surface area (Å²) in [6.45, 7) is 5.72. The van der Waals surface area contributed by atoms with Gasteiger partial charge in [0.05, 0.1) is 5.92 Å². The first-order valence-electron chi connectivity index (χ1n) is 7.74. The average molecular weight is 274 g/mol. The number of hydrogen-bond acceptors (Lipinski definition) is 2. The van der Waals surface area contributed by atoms with Gasteiger partial charge in [0.15, 0.2) is 0 Å². The van der Waals surface area contributed by atoms with E-state index in [1.54, 1.807) is 0 Å². The van der Waals surface area contributed by atoms with Gasteiger partial charge in [-0.3, -0.25) is 4.79 Å². The van der Waals surface area contributed by atoms with Crippen molar-refractivity contribution in [2.24, 2.45) is 11.7 Å². The minimum atomic E-state index is -0.0319. The van der Waals surface area contributed by atoms with Crippen molar-refractivity contribution in [2.75, 3.05) is 13.1 Å². The first kappa shape index (κ1) is 15.0. The third-order valence-corrected chi connectivity index (χ3v) is 4.55. The number of hydrogen-bond donors (Lipinski definition) is 1. The molecule has 1 heterocycles. The minimum absolute atomic E-state index is 0.0319. The highest BCUT2D eigenvalue weighted by molar-refractivity contribution is 5.84. The van der Waals surface area contributed by atoms with E-state index < -0.39 is 0 Å². The number of amides is 1. The van der Waals surface area contributed by atoms with Crippen LogP contribution in [0.1, 0.15) is 44.6 Å². The van der Waals surface area contributed by atoms with Gasteiger partial charge in [0.25, 0.3) is 0 Å². The zero-order chi connectivity index (χ0) is 14.5. The number of nitrogens with zero attached hydrogens (tertiary/aromatic N) is 1. The molecule has 110 valence electrons. The highest BCUT2D eigenvalue weighted by Gasteiger charge is 2.34. The van der Waals surface area contributed by atoms with Crippen LogP contribution in [0, 0.1) is 5.92 Å². The third kappa shape index (κ3) is 3.04. The summed E-state index contributed by atoms with van der Waals surface area (Å²) in [6, 6.07) is 10.3. The summed E-state index contributed by atoms with van der Waals surface area (Å²) >= 11 is 0. The van der Waals surface area contributed by atoms with Crippen LogP contribution in [0.2, 0.25) is 0 Å². The first-order valence-corrected chi connectivity index (χ1v) is 7.74. The van der Waals surface area contributed by atoms with Gasteiger partial charge >= 0.3 is 0 Å². The van der Waals surface area contributed by atoms with Crippen molar-refractivity contribution >= 4 is 5.91 Å². The number of likely N-dealkylation sites (tertiary alicyclic amines) is 1. The third-order valence-electron chi connectivity index (χ3n) is 4.55. The number of rotatable bonds is 4. The standard InChI is InChI=1S/C17H26N2O/c1-3-15(14-9-5-4-6-10-14)17(20)19-11-7-8-13(2)16(19)12-18/h4-6,9-10,13,15-16H,3,7-8,11-12,18H2,1-2H3. The van der Waals surface area contributed by atoms with E-state index in [9.17, 15) is 4.79 Å². The van der Waals surface area contributed by atoms with E-state index in [-0.39, 0.29) is 17.9 Å². The molecule has 1 aromatic rings. The van der Waals surface area contributed by atoms with Crippen molar-refractivity contribution in [3.05, 3.63) is 35.9 Å². The summed E-state index contributed by atoms with van der Waals surface area (Å²) in [6.07, 6.45) is 3.10. The number of benzene rings is 1. The molecule has 2 N–H and O–H groups in total. The molecule has 1 saturated heterocycles. The van der Waals surface area contributed by atoms with E-state index in [4.69, 9.17) is 5.73 Å². The molecule has 0 radical (unpaired) electrons. The summed E-state index contributed by atoms with van der Waals surface area (Å²) < 4.78 is 0. The van der Waals surface area contributed by atoms with Crippen molar-refractivity contribution in [2.45, 2.75) is 45.1 Å². The second-order valence-corrected chi connectivity index (χ2v) is 5.83. The van der Waals surface area contributed by atoms with E-state index >= 15 is 0 Å². The van der Waals surface area contributed by atoms with Gasteiger partial charge in [-0.25, -0.2) is 0 Å². The molecule has 1 aromatic carbocycles. The molecule has 3 nitrogen and oxygen atoms in total. The Morgan fingerprint density at radius 1 is 1.40 bits per heavy atom. The lowest BCUT2D eigenvalue weighted by atomic mass is 9.87. The zero-order valence-corrected chi connectivity index (χ0v) is 12.6. The van der Waals surface area contributed by atoms with E-state index in [1.165, 1.54) is 6.42 Å². The topological polar surface area (TPSA) is 46.3 Å². The maximum absolute atomic E-state index is 12.9. The van der Waals surface area contributed by atoms with Crippen molar-refractivity contribution in [1.29, 1.82) is 0 Å². The van der Waals surface area contributed by atoms with Gasteiger partial charge in [-0.05, 0) is 30.7 Å². The maximum atomic E-state index is 12.9. The van der Waals surface area contributed by atoms with Crippen LogP contribution in [-0.4, -0.2) is 29.9 Å². The molecule has 0 saturated carbocycles. The molecule has 1 aliphatic heterocycles. The molecule has 3 unspecified atom stereocenters. The second kappa shape index (κ2) is 6.89. The summed E-state index contributed by atoms with van der Waals surface area (Å²) in [5, 5.41) is 0. The largest absolute Gasteiger partial charge is 0.338 e. The zero-order valence-electron chi connectivity index (χ0n) is 12.6. The summed E-state index contributed by atoms with van der Waals surface area (Å²) in [5.74, 6) is 0.724. The number of carbonyl (C=O) groups is 1. The maximum Gasteiger partial charge on any atom is 0.230 e. The van der Waals surface area contributed by atoms with Crippen LogP contribution in [0.3, 0.4) is 0 Å². The average Bonchev–Trinajstić information content (AvgIpc) is 2.48. The van der Waals surface area contributed by atoms with Gasteiger partial charge in [0.1, 0.15) is 0 Å². The second-order valence-electron chi connectivity index (χ2n) is 5.83. The van der Waals surface area contributed by atoms with Gasteiger partial charge in [-0.1, -0.05) is 44.2 Å². The quantitative estimate of drug-likeness (QED) is 0.917. The van der Waals surface area contributed by atoms with Gasteiger partial charge < -0.3 is 10.6 Å². The lowest BCUT2D eigenvalue weighted by Crippen LogP contribution is -2.52. The van der Waals surface area contributed by atoms with Crippen LogP contribution < -0.4 is 5.73 Å². The first-order chi connectivity index (χ1) is 9.69. The molecule has 1 amide bonds. The van der Waals surface area contributed by atoms with Crippen LogP contribution in [0.15, 0.2) is 30.3 Å². The van der Waals surface area contributed by atoms with Gasteiger partial charge in [-0.2, -0.15) is 0 Å². The Morgan fingerprint density at radius 3 is 2.70 bits per heavy atom. The van der Waals surface area contributed by atoms with Crippen molar-refractivity contribution in [3.63, 3.8) is 0 Å². The minimum Gasteiger partial charge on any atom is -0.338 e. The Labute approximate surface area is 122 Å². The van der Waals surface area contributed by atoms with Crippen LogP contribution in [-0.2, 0) is 4.79 Å². The normalized spacial score (nSPS) is 24.4. The van der Waals surface area contributed by atoms with E-state index in [0.29, 0.717) is 12.5 Å². The van der Waals surface area contributed by atoms with Crippen LogP contribution >= 0.6 is 0 Å². The van der Waals surface area contributed by atoms with Crippen LogP contribution in [0.5, 0.6) is 0 Å². The van der Waals surface area contributed by atoms with Gasteiger partial charge in [-0.15, -0.1) is 0 Å². The lowest BCUT2D eigenvalue weighted by molar-refractivity contribution is -0.137. The molecule has 3 heteroatoms.